The quantitative estimate of drug-likeness (QED) is 0.0182. The molecule has 4 fully saturated rings. The molecule has 4 saturated heterocycles. The van der Waals surface area contributed by atoms with Crippen LogP contribution >= 0.6 is 50.7 Å². The minimum atomic E-state index is -0.252. The third-order valence-electron chi connectivity index (χ3n) is 28.1. The molecular formula is C107H132BrCl3F2N28O4. The average molecular weight is 2100 g/mol. The zero-order chi connectivity index (χ0) is 102. The van der Waals surface area contributed by atoms with Crippen molar-refractivity contribution >= 4 is 118 Å². The molecule has 20 rings (SSSR count). The number of rotatable bonds is 33. The summed E-state index contributed by atoms with van der Waals surface area (Å²) in [6.07, 6.45) is 30.7. The van der Waals surface area contributed by atoms with Crippen molar-refractivity contribution in [2.45, 2.75) is 176 Å². The molecule has 0 bridgehead atoms. The van der Waals surface area contributed by atoms with E-state index in [1.54, 1.807) is 76.0 Å². The van der Waals surface area contributed by atoms with Crippen LogP contribution in [0.15, 0.2) is 165 Å². The van der Waals surface area contributed by atoms with Gasteiger partial charge < -0.3 is 85.3 Å². The van der Waals surface area contributed by atoms with Crippen molar-refractivity contribution in [1.29, 1.82) is 0 Å². The summed E-state index contributed by atoms with van der Waals surface area (Å²) in [6.45, 7) is 33.8. The standard InChI is InChI=1S/C28H36ClN7O.C27H33ClFN7O.C26H31BrFN7O.C26H32ClN7O/c1-18-13-20(19-6-10-35(11-7-19)17-28(2,3)4)14-23-25(18)34-26(33-23)24-22(5-8-31-27(24)37)30-9-12-36-16-21(29)15-32-36;1-17-14-19(18-6-12-36(13-7-18)11-3-8-29)15-22-24(17)34-26(33-22)23-20(4-10-31-27(23)37)30-9-5-21-25(28)35(2)16-32-21;1-17-13-19(18-4-10-34(11-5-18)9-2-6-28)14-22-24(17)33-25(32-22)23-21(3-7-30-26(23)36)29-8-12-35-16-20(27)15-31-35;1-3-9-33-10-5-18(6-11-33)19-13-17(2)24-22(14-19)31-25(32-24)23-21(4-7-29-26(23)35)28-8-12-34-16-20(27)15-30-34/h5,8,13-16,19H,6-7,9-12,17H2,1-4H3,(H,33,34)(H2,30,31,37);4,10,14-16,18H,3,5-9,11-13H2,1-2H3,(H,33,34)(H2,30,31,37);3,7,13-16,18H,2,4-6,8-12H2,1H3,(H,32,33)(H2,29,30,36);4,7,13-16,18H,3,5-6,8-12H2,1-2H3,(H,31,32)(H2,28,29,35). The number of nitrogens with zero attached hydrogens (tertiary/aromatic N) is 16. The van der Waals surface area contributed by atoms with E-state index in [1.165, 1.54) is 48.1 Å². The summed E-state index contributed by atoms with van der Waals surface area (Å²) in [5.41, 5.74) is 22.4. The van der Waals surface area contributed by atoms with Crippen LogP contribution in [0.1, 0.15) is 172 Å². The van der Waals surface area contributed by atoms with E-state index in [1.807, 2.05) is 42.2 Å². The molecule has 32 nitrogen and oxygen atoms in total. The highest BCUT2D eigenvalue weighted by Crippen LogP contribution is 2.40. The number of benzene rings is 4. The Balaban J connectivity index is 0.000000132. The lowest BCUT2D eigenvalue weighted by Crippen LogP contribution is -2.38. The number of anilines is 4. The van der Waals surface area contributed by atoms with Gasteiger partial charge in [-0.1, -0.05) is 86.8 Å². The molecule has 0 atom stereocenters. The summed E-state index contributed by atoms with van der Waals surface area (Å²) in [5.74, 6) is 4.28. The van der Waals surface area contributed by atoms with Crippen LogP contribution in [-0.4, -0.2) is 236 Å². The zero-order valence-electron chi connectivity index (χ0n) is 84.0. The van der Waals surface area contributed by atoms with Gasteiger partial charge in [0, 0.05) is 103 Å². The number of alkyl halides is 2. The van der Waals surface area contributed by atoms with Crippen molar-refractivity contribution in [2.24, 2.45) is 12.5 Å². The molecule has 4 aromatic carbocycles. The van der Waals surface area contributed by atoms with Crippen molar-refractivity contribution in [2.75, 3.05) is 139 Å². The maximum Gasteiger partial charge on any atom is 0.261 e. The summed E-state index contributed by atoms with van der Waals surface area (Å²) in [4.78, 5) is 110. The Kier molecular flexibility index (Phi) is 34.4. The molecule has 0 radical (unpaired) electrons. The minimum Gasteiger partial charge on any atom is -0.384 e. The monoisotopic (exact) mass is 2090 g/mol. The largest absolute Gasteiger partial charge is 0.384 e. The molecule has 0 amide bonds. The Morgan fingerprint density at radius 1 is 0.421 bits per heavy atom. The van der Waals surface area contributed by atoms with Gasteiger partial charge in [0.25, 0.3) is 22.2 Å². The Hall–Kier alpha value is -12.4. The van der Waals surface area contributed by atoms with Gasteiger partial charge in [-0.3, -0.25) is 42.0 Å². The van der Waals surface area contributed by atoms with Crippen molar-refractivity contribution in [1.82, 2.24) is 118 Å². The summed E-state index contributed by atoms with van der Waals surface area (Å²) >= 11 is 21.6. The van der Waals surface area contributed by atoms with Crippen LogP contribution in [0.3, 0.4) is 0 Å². The first kappa shape index (κ1) is 104. The lowest BCUT2D eigenvalue weighted by Gasteiger charge is -2.36. The molecule has 0 aliphatic carbocycles. The van der Waals surface area contributed by atoms with Crippen LogP contribution in [0.5, 0.6) is 0 Å². The fraction of sp³-hybridized carbons (Fsp3) is 0.439. The van der Waals surface area contributed by atoms with E-state index >= 15 is 0 Å². The molecule has 0 spiro atoms. The number of aromatic nitrogens is 20. The number of imidazole rings is 5. The number of nitrogens with one attached hydrogen (secondary N) is 12. The lowest BCUT2D eigenvalue weighted by atomic mass is 9.87. The molecule has 0 unspecified atom stereocenters. The lowest BCUT2D eigenvalue weighted by molar-refractivity contribution is 0.154. The van der Waals surface area contributed by atoms with E-state index in [-0.39, 0.29) is 35.6 Å². The number of hydrogen-bond donors (Lipinski definition) is 12. The summed E-state index contributed by atoms with van der Waals surface area (Å²) in [5, 5.41) is 27.9. The van der Waals surface area contributed by atoms with Crippen LogP contribution in [0.2, 0.25) is 15.2 Å². The fourth-order valence-corrected chi connectivity index (χ4v) is 21.7. The number of halogens is 6. The van der Waals surface area contributed by atoms with Crippen LogP contribution < -0.4 is 43.5 Å². The summed E-state index contributed by atoms with van der Waals surface area (Å²) in [7, 11) is 1.86. The van der Waals surface area contributed by atoms with Gasteiger partial charge in [-0.15, -0.1) is 0 Å². The van der Waals surface area contributed by atoms with Crippen LogP contribution in [-0.2, 0) is 33.1 Å². The van der Waals surface area contributed by atoms with Crippen molar-refractivity contribution in [3.63, 3.8) is 0 Å². The van der Waals surface area contributed by atoms with Gasteiger partial charge in [0.15, 0.2) is 0 Å². The molecule has 4 aliphatic rings. The third kappa shape index (κ3) is 26.0. The predicted molar refractivity (Wildman–Crippen MR) is 582 cm³/mol. The SMILES string of the molecule is CCCN1CCC(c2cc(C)c3nc(-c4c(NCCn5cc(Cl)cn5)cc[nH]c4=O)[nH]c3c2)CC1.Cc1cc(C2CCN(CC(C)(C)C)CC2)cc2[nH]c(-c3c(NCCn4cc(Cl)cn4)cc[nH]c3=O)nc12.Cc1cc(C2CCN(CCCF)CC2)cc2[nH]c(-c3c(NCCc4ncn(C)c4Cl)cc[nH]c3=O)nc12.Cc1cc(C2CCN(CCCF)CC2)cc2[nH]c(-c3c(NCCn4cc(Br)cn4)cc[nH]c3=O)nc12. The number of likely N-dealkylation sites (tertiary alicyclic amines) is 4. The summed E-state index contributed by atoms with van der Waals surface area (Å²) < 4.78 is 33.1. The van der Waals surface area contributed by atoms with E-state index in [9.17, 15) is 28.0 Å². The predicted octanol–water partition coefficient (Wildman–Crippen LogP) is 19.8. The number of fused-ring (bicyclic) bond motifs is 4. The van der Waals surface area contributed by atoms with E-state index in [0.717, 1.165) is 204 Å². The molecule has 0 saturated carbocycles. The number of aromatic amines is 8. The molecule has 4 aliphatic heterocycles. The van der Waals surface area contributed by atoms with E-state index in [0.29, 0.717) is 161 Å². The number of H-pyrrole nitrogens is 8. The smallest absolute Gasteiger partial charge is 0.261 e. The average Bonchev–Trinajstić information content (AvgIpc) is 1.64. The maximum atomic E-state index is 12.9. The van der Waals surface area contributed by atoms with Gasteiger partial charge in [-0.25, -0.2) is 24.9 Å². The molecule has 145 heavy (non-hydrogen) atoms. The molecule has 12 aromatic heterocycles. The van der Waals surface area contributed by atoms with Crippen molar-refractivity contribution in [3.8, 4) is 45.6 Å². The normalized spacial score (nSPS) is 15.2. The van der Waals surface area contributed by atoms with Crippen molar-refractivity contribution < 1.29 is 8.78 Å². The number of aryl methyl sites for hydroxylation is 5. The molecule has 12 N–H and O–H groups in total. The first-order valence-corrected chi connectivity index (χ1v) is 52.6. The topological polar surface area (TPSA) is 379 Å². The van der Waals surface area contributed by atoms with E-state index in [2.05, 4.69) is 221 Å². The summed E-state index contributed by atoms with van der Waals surface area (Å²) in [6, 6.07) is 25.2. The molecule has 766 valence electrons. The van der Waals surface area contributed by atoms with Crippen LogP contribution in [0, 0.1) is 33.1 Å². The maximum absolute atomic E-state index is 12.9. The highest BCUT2D eigenvalue weighted by atomic mass is 79.9. The number of hydrogen-bond acceptors (Lipinski definition) is 20. The third-order valence-corrected chi connectivity index (χ3v) is 29.3. The first-order chi connectivity index (χ1) is 70.1. The first-order valence-electron chi connectivity index (χ1n) is 50.7. The second-order valence-electron chi connectivity index (χ2n) is 40.0. The molecular weight excluding hydrogens is 1970 g/mol. The Bertz CT molecular complexity index is 7350. The van der Waals surface area contributed by atoms with E-state index < -0.39 is 0 Å². The van der Waals surface area contributed by atoms with Crippen LogP contribution in [0.25, 0.3) is 89.7 Å². The number of piperidine rings is 4. The molecule has 16 aromatic rings. The van der Waals surface area contributed by atoms with Gasteiger partial charge in [-0.05, 0) is 295 Å². The van der Waals surface area contributed by atoms with Gasteiger partial charge in [0.05, 0.1) is 145 Å². The second-order valence-corrected chi connectivity index (χ2v) is 42.2. The Morgan fingerprint density at radius 2 is 0.731 bits per heavy atom. The van der Waals surface area contributed by atoms with Crippen LogP contribution in [0.4, 0.5) is 31.5 Å². The van der Waals surface area contributed by atoms with Gasteiger partial charge in [0.1, 0.15) is 50.7 Å². The second kappa shape index (κ2) is 47.9. The Labute approximate surface area is 864 Å². The Morgan fingerprint density at radius 3 is 1.01 bits per heavy atom. The highest BCUT2D eigenvalue weighted by Gasteiger charge is 2.31. The van der Waals surface area contributed by atoms with Gasteiger partial charge >= 0.3 is 0 Å². The molecule has 16 heterocycles. The minimum absolute atomic E-state index is 0.183. The van der Waals surface area contributed by atoms with Gasteiger partial charge in [-0.2, -0.15) is 15.3 Å². The van der Waals surface area contributed by atoms with Crippen molar-refractivity contribution in [3.05, 3.63) is 252 Å². The molecule has 38 heteroatoms. The highest BCUT2D eigenvalue weighted by molar-refractivity contribution is 9.10. The fourth-order valence-electron chi connectivity index (χ4n) is 20.8. The van der Waals surface area contributed by atoms with E-state index in [4.69, 9.17) is 54.7 Å². The zero-order valence-corrected chi connectivity index (χ0v) is 87.8. The number of pyridine rings is 4. The van der Waals surface area contributed by atoms with Gasteiger partial charge in [0.2, 0.25) is 0 Å².